The molecule has 0 aliphatic rings. The average Bonchev–Trinajstić information content (AvgIpc) is 3.04. The largest absolute Gasteiger partial charge is 0.496 e. The minimum Gasteiger partial charge on any atom is -0.496 e. The molecule has 3 aromatic rings. The van der Waals surface area contributed by atoms with Crippen LogP contribution in [0.1, 0.15) is 24.1 Å². The summed E-state index contributed by atoms with van der Waals surface area (Å²) in [6, 6.07) is 15.9. The molecule has 5 nitrogen and oxygen atoms in total. The Morgan fingerprint density at radius 3 is 2.55 bits per heavy atom. The van der Waals surface area contributed by atoms with Crippen LogP contribution in [0.15, 0.2) is 48.5 Å². The fourth-order valence-corrected chi connectivity index (χ4v) is 2.51. The molecule has 1 aromatic heterocycles. The van der Waals surface area contributed by atoms with Crippen molar-refractivity contribution < 1.29 is 4.74 Å². The zero-order chi connectivity index (χ0) is 15.5. The van der Waals surface area contributed by atoms with Crippen molar-refractivity contribution in [2.75, 3.05) is 7.11 Å². The Bertz CT molecular complexity index is 782. The maximum Gasteiger partial charge on any atom is 0.208 e. The van der Waals surface area contributed by atoms with Crippen molar-refractivity contribution in [1.29, 1.82) is 0 Å². The van der Waals surface area contributed by atoms with E-state index in [1.54, 1.807) is 11.9 Å². The Morgan fingerprint density at radius 2 is 1.77 bits per heavy atom. The molecule has 0 saturated heterocycles. The van der Waals surface area contributed by atoms with Gasteiger partial charge in [-0.05, 0) is 42.3 Å². The van der Waals surface area contributed by atoms with Crippen LogP contribution in [-0.4, -0.2) is 27.3 Å². The van der Waals surface area contributed by atoms with Crippen molar-refractivity contribution in [3.05, 3.63) is 59.7 Å². The van der Waals surface area contributed by atoms with Gasteiger partial charge in [0, 0.05) is 0 Å². The zero-order valence-corrected chi connectivity index (χ0v) is 12.9. The first-order valence-corrected chi connectivity index (χ1v) is 7.19. The van der Waals surface area contributed by atoms with E-state index >= 15 is 0 Å². The van der Waals surface area contributed by atoms with Crippen molar-refractivity contribution in [1.82, 2.24) is 20.2 Å². The maximum atomic E-state index is 5.36. The van der Waals surface area contributed by atoms with Gasteiger partial charge in [0.2, 0.25) is 5.82 Å². The molecule has 0 spiro atoms. The highest BCUT2D eigenvalue weighted by Crippen LogP contribution is 2.27. The first kappa shape index (κ1) is 14.3. The van der Waals surface area contributed by atoms with Gasteiger partial charge in [0.25, 0.3) is 0 Å². The number of methoxy groups -OCH3 is 1. The lowest BCUT2D eigenvalue weighted by Crippen LogP contribution is -2.11. The van der Waals surface area contributed by atoms with Crippen molar-refractivity contribution in [3.8, 4) is 17.1 Å². The van der Waals surface area contributed by atoms with Crippen LogP contribution >= 0.6 is 0 Å². The lowest BCUT2D eigenvalue weighted by atomic mass is 10.0. The monoisotopic (exact) mass is 294 g/mol. The molecule has 0 saturated carbocycles. The van der Waals surface area contributed by atoms with Gasteiger partial charge >= 0.3 is 0 Å². The van der Waals surface area contributed by atoms with Crippen molar-refractivity contribution >= 4 is 0 Å². The van der Waals surface area contributed by atoms with Crippen molar-refractivity contribution in [3.63, 3.8) is 0 Å². The Balaban J connectivity index is 1.96. The van der Waals surface area contributed by atoms with Crippen LogP contribution in [0.3, 0.4) is 0 Å². The molecular weight excluding hydrogens is 276 g/mol. The van der Waals surface area contributed by atoms with Gasteiger partial charge in [-0.25, -0.2) is 0 Å². The minimum absolute atomic E-state index is 0.0251. The number of nitrogens with zero attached hydrogens (tertiary/aromatic N) is 4. The van der Waals surface area contributed by atoms with Crippen LogP contribution in [0.5, 0.6) is 5.75 Å². The van der Waals surface area contributed by atoms with E-state index in [4.69, 9.17) is 4.74 Å². The Morgan fingerprint density at radius 1 is 1.05 bits per heavy atom. The molecule has 1 unspecified atom stereocenters. The second-order valence-corrected chi connectivity index (χ2v) is 5.17. The molecule has 1 heterocycles. The van der Waals surface area contributed by atoms with E-state index in [-0.39, 0.29) is 6.04 Å². The van der Waals surface area contributed by atoms with Gasteiger partial charge in [0.1, 0.15) is 5.75 Å². The third-order valence-corrected chi connectivity index (χ3v) is 3.76. The number of ether oxygens (including phenoxy) is 1. The topological polar surface area (TPSA) is 52.8 Å². The van der Waals surface area contributed by atoms with Crippen LogP contribution in [-0.2, 0) is 0 Å². The fraction of sp³-hybridized carbons (Fsp3) is 0.235. The predicted molar refractivity (Wildman–Crippen MR) is 84.8 cm³/mol. The highest BCUT2D eigenvalue weighted by atomic mass is 16.5. The van der Waals surface area contributed by atoms with E-state index in [0.29, 0.717) is 5.82 Å². The number of aromatic nitrogens is 4. The Labute approximate surface area is 129 Å². The summed E-state index contributed by atoms with van der Waals surface area (Å²) < 4.78 is 5.36. The van der Waals surface area contributed by atoms with E-state index in [2.05, 4.69) is 41.4 Å². The van der Waals surface area contributed by atoms with E-state index in [9.17, 15) is 0 Å². The molecule has 0 aliphatic heterocycles. The minimum atomic E-state index is 0.0251. The molecule has 0 N–H and O–H groups in total. The number of hydrogen-bond donors (Lipinski definition) is 0. The SMILES string of the molecule is COc1ccccc1-c1nnn(C(C)c2ccccc2C)n1. The molecule has 0 fully saturated rings. The second kappa shape index (κ2) is 5.97. The quantitative estimate of drug-likeness (QED) is 0.741. The van der Waals surface area contributed by atoms with Crippen LogP contribution < -0.4 is 4.74 Å². The summed E-state index contributed by atoms with van der Waals surface area (Å²) in [6.45, 7) is 4.15. The number of hydrogen-bond acceptors (Lipinski definition) is 4. The van der Waals surface area contributed by atoms with Gasteiger partial charge in [-0.3, -0.25) is 0 Å². The Hall–Kier alpha value is -2.69. The van der Waals surface area contributed by atoms with Gasteiger partial charge in [-0.15, -0.1) is 10.2 Å². The zero-order valence-electron chi connectivity index (χ0n) is 12.9. The van der Waals surface area contributed by atoms with Gasteiger partial charge in [0.15, 0.2) is 0 Å². The molecule has 3 rings (SSSR count). The number of rotatable bonds is 4. The molecule has 112 valence electrons. The summed E-state index contributed by atoms with van der Waals surface area (Å²) in [5, 5.41) is 12.9. The average molecular weight is 294 g/mol. The number of aryl methyl sites for hydroxylation is 1. The van der Waals surface area contributed by atoms with Gasteiger partial charge in [-0.2, -0.15) is 4.80 Å². The molecule has 0 radical (unpaired) electrons. The van der Waals surface area contributed by atoms with E-state index in [0.717, 1.165) is 11.3 Å². The number of para-hydroxylation sites is 1. The molecule has 0 amide bonds. The molecule has 0 bridgehead atoms. The Kier molecular flexibility index (Phi) is 3.87. The predicted octanol–water partition coefficient (Wildman–Crippen LogP) is 3.27. The summed E-state index contributed by atoms with van der Waals surface area (Å²) in [6.07, 6.45) is 0. The molecule has 1 atom stereocenters. The smallest absolute Gasteiger partial charge is 0.208 e. The van der Waals surface area contributed by atoms with Gasteiger partial charge in [-0.1, -0.05) is 36.4 Å². The molecular formula is C17H18N4O. The first-order valence-electron chi connectivity index (χ1n) is 7.19. The summed E-state index contributed by atoms with van der Waals surface area (Å²) in [5.41, 5.74) is 3.24. The summed E-state index contributed by atoms with van der Waals surface area (Å²) in [4.78, 5) is 1.64. The maximum absolute atomic E-state index is 5.36. The highest BCUT2D eigenvalue weighted by molar-refractivity contribution is 5.63. The first-order chi connectivity index (χ1) is 10.7. The van der Waals surface area contributed by atoms with Crippen LogP contribution in [0.25, 0.3) is 11.4 Å². The van der Waals surface area contributed by atoms with Crippen molar-refractivity contribution in [2.45, 2.75) is 19.9 Å². The molecule has 2 aromatic carbocycles. The normalized spacial score (nSPS) is 12.1. The third kappa shape index (κ3) is 2.57. The summed E-state index contributed by atoms with van der Waals surface area (Å²) in [5.74, 6) is 1.31. The van der Waals surface area contributed by atoms with Crippen LogP contribution in [0.2, 0.25) is 0 Å². The summed E-state index contributed by atoms with van der Waals surface area (Å²) >= 11 is 0. The molecule has 22 heavy (non-hydrogen) atoms. The fourth-order valence-electron chi connectivity index (χ4n) is 2.51. The molecule has 5 heteroatoms. The van der Waals surface area contributed by atoms with Crippen LogP contribution in [0.4, 0.5) is 0 Å². The van der Waals surface area contributed by atoms with Gasteiger partial charge in [0.05, 0.1) is 18.7 Å². The van der Waals surface area contributed by atoms with Crippen LogP contribution in [0, 0.1) is 6.92 Å². The summed E-state index contributed by atoms with van der Waals surface area (Å²) in [7, 11) is 1.64. The number of benzene rings is 2. The van der Waals surface area contributed by atoms with E-state index in [1.807, 2.05) is 36.4 Å². The van der Waals surface area contributed by atoms with Gasteiger partial charge < -0.3 is 4.74 Å². The molecule has 0 aliphatic carbocycles. The number of tetrazole rings is 1. The standard InChI is InChI=1S/C17H18N4O/c1-12-8-4-5-9-14(12)13(2)21-19-17(18-20-21)15-10-6-7-11-16(15)22-3/h4-11,13H,1-3H3. The highest BCUT2D eigenvalue weighted by Gasteiger charge is 2.16. The lowest BCUT2D eigenvalue weighted by Gasteiger charge is -2.12. The second-order valence-electron chi connectivity index (χ2n) is 5.17. The van der Waals surface area contributed by atoms with E-state index < -0.39 is 0 Å². The lowest BCUT2D eigenvalue weighted by molar-refractivity contribution is 0.416. The van der Waals surface area contributed by atoms with Crippen molar-refractivity contribution in [2.24, 2.45) is 0 Å². The van der Waals surface area contributed by atoms with E-state index in [1.165, 1.54) is 11.1 Å². The third-order valence-electron chi connectivity index (χ3n) is 3.76.